The van der Waals surface area contributed by atoms with Gasteiger partial charge in [0.25, 0.3) is 6.71 Å². The smallest absolute Gasteiger partial charge is 0.252 e. The Hall–Kier alpha value is -8.40. The predicted octanol–water partition coefficient (Wildman–Crippen LogP) is 14.9. The molecule has 0 aliphatic carbocycles. The first-order chi connectivity index (χ1) is 32.2. The van der Waals surface area contributed by atoms with Crippen molar-refractivity contribution in [1.82, 2.24) is 0 Å². The molecule has 65 heavy (non-hydrogen) atoms. The third kappa shape index (κ3) is 4.95. The number of nitrogens with zero attached hydrogens (tertiary/aromatic N) is 2. The van der Waals surface area contributed by atoms with E-state index in [2.05, 4.69) is 234 Å². The van der Waals surface area contributed by atoms with E-state index in [0.29, 0.717) is 0 Å². The number of anilines is 6. The van der Waals surface area contributed by atoms with Gasteiger partial charge < -0.3 is 9.80 Å². The summed E-state index contributed by atoms with van der Waals surface area (Å²) >= 11 is 0. The Bertz CT molecular complexity index is 3890. The molecule has 0 radical (unpaired) electrons. The first-order valence-corrected chi connectivity index (χ1v) is 22.7. The van der Waals surface area contributed by atoms with E-state index in [1.165, 1.54) is 126 Å². The van der Waals surface area contributed by atoms with E-state index >= 15 is 0 Å². The highest BCUT2D eigenvalue weighted by Gasteiger charge is 2.44. The van der Waals surface area contributed by atoms with Crippen molar-refractivity contribution >= 4 is 133 Å². The zero-order valence-electron chi connectivity index (χ0n) is 35.3. The molecular weight excluding hydrogens is 784 g/mol. The lowest BCUT2D eigenvalue weighted by Gasteiger charge is -2.44. The van der Waals surface area contributed by atoms with E-state index in [1.807, 2.05) is 0 Å². The molecule has 0 aromatic heterocycles. The van der Waals surface area contributed by atoms with Crippen molar-refractivity contribution in [2.45, 2.75) is 0 Å². The summed E-state index contributed by atoms with van der Waals surface area (Å²) in [5, 5.41) is 17.9. The van der Waals surface area contributed by atoms with E-state index in [9.17, 15) is 0 Å². The topological polar surface area (TPSA) is 6.48 Å². The van der Waals surface area contributed by atoms with Gasteiger partial charge in [-0.15, -0.1) is 0 Å². The minimum atomic E-state index is -0.0452. The SMILES string of the molecule is c1ccc(N2c3cc4ccc5ccccc5c4cc3B3c4cc5c(ccc6ccccc65)cc4N(c4ccccc4)c4cc(-c5cc6ccc7cccc8ccc(c5)c6c78)cc2c43)cc1. The fraction of sp³-hybridized carbons (Fsp3) is 0. The molecule has 0 N–H and O–H groups in total. The Balaban J connectivity index is 1.10. The van der Waals surface area contributed by atoms with E-state index < -0.39 is 0 Å². The summed E-state index contributed by atoms with van der Waals surface area (Å²) in [6, 6.07) is 84.6. The van der Waals surface area contributed by atoms with Crippen LogP contribution in [-0.4, -0.2) is 6.71 Å². The van der Waals surface area contributed by atoms with Crippen LogP contribution < -0.4 is 26.2 Å². The molecule has 0 unspecified atom stereocenters. The summed E-state index contributed by atoms with van der Waals surface area (Å²) in [5.41, 5.74) is 13.5. The largest absolute Gasteiger partial charge is 0.311 e. The number of rotatable bonds is 3. The van der Waals surface area contributed by atoms with Crippen molar-refractivity contribution in [2.75, 3.05) is 9.80 Å². The first-order valence-electron chi connectivity index (χ1n) is 22.7. The Morgan fingerprint density at radius 3 is 1.18 bits per heavy atom. The quantitative estimate of drug-likeness (QED) is 0.129. The molecule has 15 rings (SSSR count). The monoisotopic (exact) mass is 820 g/mol. The zero-order chi connectivity index (χ0) is 42.3. The van der Waals surface area contributed by atoms with E-state index in [0.717, 1.165) is 11.4 Å². The van der Waals surface area contributed by atoms with E-state index in [-0.39, 0.29) is 6.71 Å². The molecule has 0 atom stereocenters. The standard InChI is InChI=1S/C62H37BN2/c1-3-16-48(17-4-1)64-56-32-42-26-22-38-12-7-9-20-50(38)52(42)36-54(56)63-55-37-53-43(27-23-39-13-8-10-21-51(39)53)33-57(55)65(49-18-5-2-6-19-49)59-35-47(34-58(64)62(59)63)46-30-44-28-24-40-14-11-15-41-25-29-45(31-46)61(44)60(40)41/h1-37H. The van der Waals surface area contributed by atoms with E-state index in [4.69, 9.17) is 0 Å². The summed E-state index contributed by atoms with van der Waals surface area (Å²) in [5.74, 6) is 0. The van der Waals surface area contributed by atoms with E-state index in [1.54, 1.807) is 0 Å². The molecule has 0 saturated heterocycles. The molecule has 0 fully saturated rings. The van der Waals surface area contributed by atoms with Gasteiger partial charge >= 0.3 is 0 Å². The van der Waals surface area contributed by atoms with Gasteiger partial charge in [-0.3, -0.25) is 0 Å². The predicted molar refractivity (Wildman–Crippen MR) is 280 cm³/mol. The van der Waals surface area contributed by atoms with Crippen LogP contribution in [0.25, 0.3) is 86.5 Å². The highest BCUT2D eigenvalue weighted by Crippen LogP contribution is 2.48. The number of hydrogen-bond acceptors (Lipinski definition) is 2. The lowest BCUT2D eigenvalue weighted by molar-refractivity contribution is 1.26. The number of hydrogen-bond donors (Lipinski definition) is 0. The Labute approximate surface area is 376 Å². The molecule has 298 valence electrons. The molecule has 2 aliphatic heterocycles. The van der Waals surface area contributed by atoms with Gasteiger partial charge in [0.15, 0.2) is 0 Å². The van der Waals surface area contributed by atoms with Gasteiger partial charge in [0, 0.05) is 34.1 Å². The van der Waals surface area contributed by atoms with Crippen molar-refractivity contribution in [3.8, 4) is 11.1 Å². The molecule has 0 saturated carbocycles. The fourth-order valence-corrected chi connectivity index (χ4v) is 11.8. The zero-order valence-corrected chi connectivity index (χ0v) is 35.3. The molecular formula is C62H37BN2. The molecule has 3 heteroatoms. The van der Waals surface area contributed by atoms with Gasteiger partial charge in [-0.05, 0) is 164 Å². The first kappa shape index (κ1) is 35.1. The average molecular weight is 821 g/mol. The number of benzene rings is 13. The summed E-state index contributed by atoms with van der Waals surface area (Å²) in [6.45, 7) is -0.0452. The summed E-state index contributed by atoms with van der Waals surface area (Å²) < 4.78 is 0. The van der Waals surface area contributed by atoms with Crippen LogP contribution in [0.4, 0.5) is 34.1 Å². The maximum atomic E-state index is 2.55. The number of fused-ring (bicyclic) bond motifs is 10. The second-order valence-corrected chi connectivity index (χ2v) is 18.0. The maximum absolute atomic E-state index is 2.55. The van der Waals surface area contributed by atoms with Crippen molar-refractivity contribution in [2.24, 2.45) is 0 Å². The Morgan fingerprint density at radius 2 is 0.662 bits per heavy atom. The second kappa shape index (κ2) is 13.1. The van der Waals surface area contributed by atoms with Crippen LogP contribution in [0.5, 0.6) is 0 Å². The van der Waals surface area contributed by atoms with Crippen molar-refractivity contribution in [3.63, 3.8) is 0 Å². The van der Waals surface area contributed by atoms with Crippen LogP contribution in [0, 0.1) is 0 Å². The van der Waals surface area contributed by atoms with Crippen molar-refractivity contribution < 1.29 is 0 Å². The fourth-order valence-electron chi connectivity index (χ4n) is 11.8. The molecule has 0 amide bonds. The lowest BCUT2D eigenvalue weighted by Crippen LogP contribution is -2.61. The van der Waals surface area contributed by atoms with Crippen LogP contribution in [0.3, 0.4) is 0 Å². The highest BCUT2D eigenvalue weighted by atomic mass is 15.2. The van der Waals surface area contributed by atoms with Gasteiger partial charge in [-0.25, -0.2) is 0 Å². The minimum Gasteiger partial charge on any atom is -0.311 e. The minimum absolute atomic E-state index is 0.0452. The second-order valence-electron chi connectivity index (χ2n) is 18.0. The molecule has 2 heterocycles. The third-order valence-corrected chi connectivity index (χ3v) is 14.6. The summed E-state index contributed by atoms with van der Waals surface area (Å²) in [6.07, 6.45) is 0. The Kier molecular flexibility index (Phi) is 7.06. The molecule has 0 spiro atoms. The molecule has 13 aromatic rings. The van der Waals surface area contributed by atoms with Gasteiger partial charge in [0.05, 0.1) is 0 Å². The lowest BCUT2D eigenvalue weighted by atomic mass is 9.33. The maximum Gasteiger partial charge on any atom is 0.252 e. The third-order valence-electron chi connectivity index (χ3n) is 14.6. The molecule has 13 aromatic carbocycles. The van der Waals surface area contributed by atoms with Gasteiger partial charge in [0.2, 0.25) is 0 Å². The van der Waals surface area contributed by atoms with Gasteiger partial charge in [-0.1, -0.05) is 164 Å². The molecule has 2 nitrogen and oxygen atoms in total. The van der Waals surface area contributed by atoms with Crippen LogP contribution >= 0.6 is 0 Å². The molecule has 2 aliphatic rings. The highest BCUT2D eigenvalue weighted by molar-refractivity contribution is 7.00. The van der Waals surface area contributed by atoms with Crippen LogP contribution in [0.2, 0.25) is 0 Å². The van der Waals surface area contributed by atoms with Crippen molar-refractivity contribution in [1.29, 1.82) is 0 Å². The average Bonchev–Trinajstić information content (AvgIpc) is 3.37. The van der Waals surface area contributed by atoms with Gasteiger partial charge in [-0.2, -0.15) is 0 Å². The van der Waals surface area contributed by atoms with Gasteiger partial charge in [0.1, 0.15) is 0 Å². The van der Waals surface area contributed by atoms with Crippen LogP contribution in [0.15, 0.2) is 224 Å². The number of para-hydroxylation sites is 2. The summed E-state index contributed by atoms with van der Waals surface area (Å²) in [4.78, 5) is 5.11. The Morgan fingerprint density at radius 1 is 0.262 bits per heavy atom. The van der Waals surface area contributed by atoms with Crippen LogP contribution in [0.1, 0.15) is 0 Å². The summed E-state index contributed by atoms with van der Waals surface area (Å²) in [7, 11) is 0. The van der Waals surface area contributed by atoms with Crippen molar-refractivity contribution in [3.05, 3.63) is 224 Å². The molecule has 0 bridgehead atoms. The van der Waals surface area contributed by atoms with Crippen LogP contribution in [-0.2, 0) is 0 Å². The normalized spacial score (nSPS) is 13.1.